The second kappa shape index (κ2) is 12.8. The first-order valence-corrected chi connectivity index (χ1v) is 14.0. The van der Waals surface area contributed by atoms with Crippen molar-refractivity contribution in [2.75, 3.05) is 6.54 Å². The van der Waals surface area contributed by atoms with E-state index < -0.39 is 41.4 Å². The van der Waals surface area contributed by atoms with Crippen LogP contribution in [0, 0.1) is 17.7 Å². The van der Waals surface area contributed by atoms with Crippen molar-refractivity contribution < 1.29 is 28.3 Å². The molecule has 1 aliphatic carbocycles. The van der Waals surface area contributed by atoms with Gasteiger partial charge in [0.2, 0.25) is 11.8 Å². The molecule has 1 unspecified atom stereocenters. The lowest BCUT2D eigenvalue weighted by Gasteiger charge is -2.29. The Balaban J connectivity index is 1.50. The van der Waals surface area contributed by atoms with E-state index in [0.717, 1.165) is 18.4 Å². The summed E-state index contributed by atoms with van der Waals surface area (Å²) in [7, 11) is 0. The zero-order valence-electron chi connectivity index (χ0n) is 22.6. The monoisotopic (exact) mass is 571 g/mol. The summed E-state index contributed by atoms with van der Waals surface area (Å²) in [5.41, 5.74) is 0.985. The number of alkyl carbamates (subject to hydrolysis) is 1. The van der Waals surface area contributed by atoms with Crippen LogP contribution in [-0.2, 0) is 24.5 Å². The molecule has 0 aromatic heterocycles. The molecule has 2 aromatic carbocycles. The molecule has 1 aliphatic heterocycles. The highest BCUT2D eigenvalue weighted by Gasteiger charge is 2.53. The van der Waals surface area contributed by atoms with Crippen LogP contribution in [0.2, 0.25) is 5.02 Å². The molecule has 0 spiro atoms. The largest absolute Gasteiger partial charge is 0.440 e. The maximum atomic E-state index is 13.7. The van der Waals surface area contributed by atoms with Crippen LogP contribution in [0.15, 0.2) is 48.5 Å². The van der Waals surface area contributed by atoms with E-state index in [0.29, 0.717) is 36.3 Å². The van der Waals surface area contributed by atoms with E-state index in [9.17, 15) is 23.6 Å². The summed E-state index contributed by atoms with van der Waals surface area (Å²) in [6.45, 7) is 4.36. The number of hydrogen-bond acceptors (Lipinski definition) is 5. The Morgan fingerprint density at radius 1 is 1.18 bits per heavy atom. The number of amides is 3. The van der Waals surface area contributed by atoms with Gasteiger partial charge >= 0.3 is 6.09 Å². The number of halogens is 2. The number of carbonyl (C=O) groups is 4. The Labute approximate surface area is 238 Å². The molecule has 4 atom stereocenters. The third kappa shape index (κ3) is 7.18. The van der Waals surface area contributed by atoms with Gasteiger partial charge in [-0.25, -0.2) is 9.18 Å². The molecule has 0 bridgehead atoms. The molecule has 4 rings (SSSR count). The summed E-state index contributed by atoms with van der Waals surface area (Å²) < 4.78 is 19.7. The molecule has 3 N–H and O–H groups in total. The fourth-order valence-electron chi connectivity index (χ4n) is 5.37. The Morgan fingerprint density at radius 3 is 2.48 bits per heavy atom. The third-order valence-corrected chi connectivity index (χ3v) is 7.83. The first-order chi connectivity index (χ1) is 19.1. The maximum Gasteiger partial charge on any atom is 0.408 e. The van der Waals surface area contributed by atoms with Gasteiger partial charge < -0.3 is 25.5 Å². The van der Waals surface area contributed by atoms with Crippen molar-refractivity contribution in [3.05, 3.63) is 70.5 Å². The summed E-state index contributed by atoms with van der Waals surface area (Å²) in [5.74, 6) is -1.39. The summed E-state index contributed by atoms with van der Waals surface area (Å²) in [5, 5.41) is 8.64. The van der Waals surface area contributed by atoms with Gasteiger partial charge in [-0.3, -0.25) is 9.59 Å². The summed E-state index contributed by atoms with van der Waals surface area (Å²) in [4.78, 5) is 50.2. The van der Waals surface area contributed by atoms with Crippen LogP contribution in [0.3, 0.4) is 0 Å². The number of rotatable bonds is 12. The first kappa shape index (κ1) is 29.5. The number of aldehydes is 1. The molecular weight excluding hydrogens is 537 g/mol. The fourth-order valence-corrected chi connectivity index (χ4v) is 5.56. The van der Waals surface area contributed by atoms with Crippen LogP contribution < -0.4 is 16.0 Å². The summed E-state index contributed by atoms with van der Waals surface area (Å²) in [6, 6.07) is 11.3. The lowest BCUT2D eigenvalue weighted by Crippen LogP contribution is -2.51. The Morgan fingerprint density at radius 2 is 1.90 bits per heavy atom. The van der Waals surface area contributed by atoms with Gasteiger partial charge in [-0.15, -0.1) is 0 Å². The molecule has 0 radical (unpaired) electrons. The van der Waals surface area contributed by atoms with E-state index in [1.807, 2.05) is 32.0 Å². The highest BCUT2D eigenvalue weighted by Crippen LogP contribution is 2.58. The van der Waals surface area contributed by atoms with E-state index in [1.165, 1.54) is 12.1 Å². The third-order valence-electron chi connectivity index (χ3n) is 7.60. The molecule has 40 heavy (non-hydrogen) atoms. The first-order valence-electron chi connectivity index (χ1n) is 13.6. The minimum Gasteiger partial charge on any atom is -0.440 e. The van der Waals surface area contributed by atoms with Gasteiger partial charge in [-0.2, -0.15) is 0 Å². The van der Waals surface area contributed by atoms with Crippen molar-refractivity contribution in [2.45, 2.75) is 69.6 Å². The number of hydrogen-bond donors (Lipinski definition) is 3. The van der Waals surface area contributed by atoms with Crippen molar-refractivity contribution in [3.63, 3.8) is 0 Å². The molecule has 8 nitrogen and oxygen atoms in total. The van der Waals surface area contributed by atoms with Crippen LogP contribution in [-0.4, -0.2) is 42.8 Å². The Kier molecular flexibility index (Phi) is 9.45. The van der Waals surface area contributed by atoms with E-state index >= 15 is 0 Å². The second-order valence-corrected chi connectivity index (χ2v) is 11.5. The number of benzene rings is 2. The zero-order valence-corrected chi connectivity index (χ0v) is 23.4. The number of nitrogens with one attached hydrogen (secondary N) is 3. The number of ether oxygens (including phenoxy) is 1. The Hall–Kier alpha value is -3.46. The predicted octanol–water partition coefficient (Wildman–Crippen LogP) is 4.60. The minimum absolute atomic E-state index is 0.0421. The second-order valence-electron chi connectivity index (χ2n) is 11.1. The van der Waals surface area contributed by atoms with Gasteiger partial charge in [0.1, 0.15) is 24.2 Å². The van der Waals surface area contributed by atoms with Crippen LogP contribution in [0.1, 0.15) is 63.2 Å². The van der Waals surface area contributed by atoms with Crippen LogP contribution in [0.25, 0.3) is 0 Å². The van der Waals surface area contributed by atoms with E-state index in [-0.39, 0.29) is 24.2 Å². The van der Waals surface area contributed by atoms with Crippen LogP contribution >= 0.6 is 11.6 Å². The van der Waals surface area contributed by atoms with E-state index in [2.05, 4.69) is 16.0 Å². The molecule has 2 aliphatic rings. The summed E-state index contributed by atoms with van der Waals surface area (Å²) >= 11 is 6.26. The molecule has 2 fully saturated rings. The van der Waals surface area contributed by atoms with E-state index in [4.69, 9.17) is 16.3 Å². The van der Waals surface area contributed by atoms with Gasteiger partial charge in [0.05, 0.1) is 6.04 Å². The van der Waals surface area contributed by atoms with Gasteiger partial charge in [-0.05, 0) is 73.4 Å². The molecule has 1 saturated heterocycles. The zero-order chi connectivity index (χ0) is 28.9. The average molecular weight is 572 g/mol. The van der Waals surface area contributed by atoms with Crippen LogP contribution in [0.4, 0.5) is 9.18 Å². The lowest BCUT2D eigenvalue weighted by atomic mass is 9.86. The van der Waals surface area contributed by atoms with Gasteiger partial charge in [0.15, 0.2) is 0 Å². The van der Waals surface area contributed by atoms with Crippen molar-refractivity contribution in [3.8, 4) is 0 Å². The van der Waals surface area contributed by atoms with Gasteiger partial charge in [0.25, 0.3) is 0 Å². The van der Waals surface area contributed by atoms with Crippen LogP contribution in [0.5, 0.6) is 0 Å². The SMILES string of the molecule is CC(C)C[C@H](NC(=O)OC(c1ccc(F)cc1)C1(c2cccc(Cl)c2)CC1)C(=O)N[C@H](C=O)C[C@@H]1CCNC1=O. The summed E-state index contributed by atoms with van der Waals surface area (Å²) in [6.07, 6.45) is 1.60. The smallest absolute Gasteiger partial charge is 0.408 e. The maximum absolute atomic E-state index is 13.7. The Bertz CT molecular complexity index is 1230. The van der Waals surface area contributed by atoms with Crippen molar-refractivity contribution in [1.82, 2.24) is 16.0 Å². The molecule has 3 amide bonds. The molecule has 2 aromatic rings. The fraction of sp³-hybridized carbons (Fsp3) is 0.467. The van der Waals surface area contributed by atoms with Crippen molar-refractivity contribution >= 4 is 35.8 Å². The molecule has 10 heteroatoms. The quantitative estimate of drug-likeness (QED) is 0.322. The number of carbonyl (C=O) groups excluding carboxylic acids is 4. The highest BCUT2D eigenvalue weighted by atomic mass is 35.5. The van der Waals surface area contributed by atoms with Crippen molar-refractivity contribution in [2.24, 2.45) is 11.8 Å². The van der Waals surface area contributed by atoms with Crippen molar-refractivity contribution in [1.29, 1.82) is 0 Å². The van der Waals surface area contributed by atoms with E-state index in [1.54, 1.807) is 18.2 Å². The topological polar surface area (TPSA) is 114 Å². The van der Waals surface area contributed by atoms with Gasteiger partial charge in [-0.1, -0.05) is 49.7 Å². The normalized spacial score (nSPS) is 19.7. The molecule has 214 valence electrons. The molecule has 1 heterocycles. The molecule has 1 saturated carbocycles. The highest BCUT2D eigenvalue weighted by molar-refractivity contribution is 6.30. The average Bonchev–Trinajstić information content (AvgIpc) is 3.63. The minimum atomic E-state index is -0.970. The standard InChI is InChI=1S/C30H35ClFN3O5/c1-18(2)14-25(28(38)34-24(17-36)15-20-10-13-33-27(20)37)35-29(39)40-26(19-6-8-23(32)9-7-19)30(11-12-30)21-4-3-5-22(31)16-21/h3-9,16-18,20,24-26H,10-15H2,1-2H3,(H,33,37)(H,34,38)(H,35,39)/t20-,24-,25-,26?/m0/s1. The van der Waals surface area contributed by atoms with Gasteiger partial charge in [0, 0.05) is 22.9 Å². The molecular formula is C30H35ClFN3O5. The lowest BCUT2D eigenvalue weighted by molar-refractivity contribution is -0.127. The predicted molar refractivity (Wildman–Crippen MR) is 148 cm³/mol.